The Kier molecular flexibility index (Phi) is 7.52. The predicted molar refractivity (Wildman–Crippen MR) is 66.2 cm³/mol. The van der Waals surface area contributed by atoms with E-state index >= 15 is 0 Å². The molecule has 0 aliphatic carbocycles. The standard InChI is InChI=1S/C13H23NO2/c1-5-7-8-9-13(16)11(10-14(3)4)12(15)6-2/h10H,5-9H2,1-4H3. The molecule has 0 amide bonds. The smallest absolute Gasteiger partial charge is 0.167 e. The van der Waals surface area contributed by atoms with E-state index < -0.39 is 0 Å². The van der Waals surface area contributed by atoms with Crippen LogP contribution in [0, 0.1) is 0 Å². The molecular weight excluding hydrogens is 202 g/mol. The molecule has 0 saturated heterocycles. The number of carbonyl (C=O) groups excluding carboxylic acids is 2. The van der Waals surface area contributed by atoms with Gasteiger partial charge in [0.1, 0.15) is 0 Å². The third kappa shape index (κ3) is 5.69. The van der Waals surface area contributed by atoms with Crippen molar-refractivity contribution < 1.29 is 9.59 Å². The normalized spacial score (nSPS) is 11.4. The second-order valence-electron chi connectivity index (χ2n) is 4.16. The van der Waals surface area contributed by atoms with Gasteiger partial charge in [0.2, 0.25) is 0 Å². The van der Waals surface area contributed by atoms with Crippen molar-refractivity contribution >= 4 is 11.6 Å². The van der Waals surface area contributed by atoms with Crippen LogP contribution in [0.3, 0.4) is 0 Å². The van der Waals surface area contributed by atoms with Gasteiger partial charge in [-0.2, -0.15) is 0 Å². The molecule has 0 spiro atoms. The van der Waals surface area contributed by atoms with Crippen LogP contribution in [0.1, 0.15) is 46.0 Å². The van der Waals surface area contributed by atoms with Gasteiger partial charge in [0, 0.05) is 33.1 Å². The molecular formula is C13H23NO2. The molecule has 3 nitrogen and oxygen atoms in total. The molecule has 0 heterocycles. The van der Waals surface area contributed by atoms with Crippen molar-refractivity contribution in [2.75, 3.05) is 14.1 Å². The van der Waals surface area contributed by atoms with Crippen molar-refractivity contribution in [3.8, 4) is 0 Å². The third-order valence-corrected chi connectivity index (χ3v) is 2.32. The van der Waals surface area contributed by atoms with Crippen LogP contribution in [0.4, 0.5) is 0 Å². The van der Waals surface area contributed by atoms with E-state index in [1.165, 1.54) is 0 Å². The summed E-state index contributed by atoms with van der Waals surface area (Å²) >= 11 is 0. The summed E-state index contributed by atoms with van der Waals surface area (Å²) in [4.78, 5) is 25.2. The molecule has 0 bridgehead atoms. The quantitative estimate of drug-likeness (QED) is 0.276. The van der Waals surface area contributed by atoms with Crippen molar-refractivity contribution in [3.05, 3.63) is 11.8 Å². The summed E-state index contributed by atoms with van der Waals surface area (Å²) in [5.41, 5.74) is 0.351. The maximum Gasteiger partial charge on any atom is 0.167 e. The Morgan fingerprint density at radius 1 is 1.06 bits per heavy atom. The topological polar surface area (TPSA) is 37.4 Å². The summed E-state index contributed by atoms with van der Waals surface area (Å²) in [5.74, 6) is -0.0794. The molecule has 0 saturated carbocycles. The maximum absolute atomic E-state index is 11.8. The van der Waals surface area contributed by atoms with Crippen molar-refractivity contribution in [1.29, 1.82) is 0 Å². The number of Topliss-reactive ketones (excluding diaryl/α,β-unsaturated/α-hetero) is 2. The Labute approximate surface area is 98.5 Å². The highest BCUT2D eigenvalue weighted by Gasteiger charge is 2.16. The Morgan fingerprint density at radius 2 is 1.69 bits per heavy atom. The van der Waals surface area contributed by atoms with Gasteiger partial charge in [-0.05, 0) is 6.42 Å². The first-order chi connectivity index (χ1) is 7.52. The Hall–Kier alpha value is -1.12. The third-order valence-electron chi connectivity index (χ3n) is 2.32. The molecule has 0 aromatic carbocycles. The van der Waals surface area contributed by atoms with Crippen LogP contribution in [0.25, 0.3) is 0 Å². The van der Waals surface area contributed by atoms with E-state index in [0.29, 0.717) is 18.4 Å². The fraction of sp³-hybridized carbons (Fsp3) is 0.692. The van der Waals surface area contributed by atoms with Crippen LogP contribution >= 0.6 is 0 Å². The van der Waals surface area contributed by atoms with Crippen molar-refractivity contribution in [2.45, 2.75) is 46.0 Å². The first-order valence-electron chi connectivity index (χ1n) is 5.97. The fourth-order valence-electron chi connectivity index (χ4n) is 1.42. The highest BCUT2D eigenvalue weighted by molar-refractivity contribution is 6.19. The number of ketones is 2. The summed E-state index contributed by atoms with van der Waals surface area (Å²) in [5, 5.41) is 0. The number of hydrogen-bond acceptors (Lipinski definition) is 3. The number of unbranched alkanes of at least 4 members (excludes halogenated alkanes) is 2. The molecule has 0 fully saturated rings. The van der Waals surface area contributed by atoms with Crippen molar-refractivity contribution in [1.82, 2.24) is 4.90 Å². The Balaban J connectivity index is 4.52. The van der Waals surface area contributed by atoms with Crippen molar-refractivity contribution in [3.63, 3.8) is 0 Å². The van der Waals surface area contributed by atoms with Crippen LogP contribution in [0.15, 0.2) is 11.8 Å². The molecule has 0 unspecified atom stereocenters. The van der Waals surface area contributed by atoms with E-state index in [9.17, 15) is 9.59 Å². The zero-order valence-electron chi connectivity index (χ0n) is 10.9. The largest absolute Gasteiger partial charge is 0.383 e. The lowest BCUT2D eigenvalue weighted by Gasteiger charge is -2.09. The van der Waals surface area contributed by atoms with E-state index in [4.69, 9.17) is 0 Å². The highest BCUT2D eigenvalue weighted by Crippen LogP contribution is 2.09. The van der Waals surface area contributed by atoms with Crippen LogP contribution in [-0.4, -0.2) is 30.6 Å². The average Bonchev–Trinajstić information content (AvgIpc) is 2.24. The molecule has 0 aromatic rings. The Bertz CT molecular complexity index is 267. The van der Waals surface area contributed by atoms with Gasteiger partial charge in [-0.3, -0.25) is 9.59 Å². The molecule has 3 heteroatoms. The first kappa shape index (κ1) is 14.9. The van der Waals surface area contributed by atoms with Gasteiger partial charge in [0.15, 0.2) is 11.6 Å². The monoisotopic (exact) mass is 225 g/mol. The molecule has 0 atom stereocenters. The van der Waals surface area contributed by atoms with Gasteiger partial charge in [0.25, 0.3) is 0 Å². The number of nitrogens with zero attached hydrogens (tertiary/aromatic N) is 1. The van der Waals surface area contributed by atoms with Crippen LogP contribution in [0.5, 0.6) is 0 Å². The lowest BCUT2D eigenvalue weighted by Crippen LogP contribution is -2.16. The van der Waals surface area contributed by atoms with Gasteiger partial charge in [-0.1, -0.05) is 26.7 Å². The zero-order chi connectivity index (χ0) is 12.6. The minimum Gasteiger partial charge on any atom is -0.383 e. The molecule has 0 rings (SSSR count). The van der Waals surface area contributed by atoms with E-state index in [0.717, 1.165) is 19.3 Å². The molecule has 0 N–H and O–H groups in total. The number of hydrogen-bond donors (Lipinski definition) is 0. The van der Waals surface area contributed by atoms with Gasteiger partial charge >= 0.3 is 0 Å². The van der Waals surface area contributed by atoms with Crippen LogP contribution in [-0.2, 0) is 9.59 Å². The number of allylic oxidation sites excluding steroid dienone is 1. The molecule has 16 heavy (non-hydrogen) atoms. The van der Waals surface area contributed by atoms with Crippen molar-refractivity contribution in [2.24, 2.45) is 0 Å². The van der Waals surface area contributed by atoms with E-state index in [-0.39, 0.29) is 11.6 Å². The SMILES string of the molecule is CCCCCC(=O)C(=CN(C)C)C(=O)CC. The number of carbonyl (C=O) groups is 2. The van der Waals surface area contributed by atoms with E-state index in [2.05, 4.69) is 6.92 Å². The zero-order valence-corrected chi connectivity index (χ0v) is 10.9. The van der Waals surface area contributed by atoms with E-state index in [1.807, 2.05) is 14.1 Å². The van der Waals surface area contributed by atoms with Gasteiger partial charge in [-0.25, -0.2) is 0 Å². The van der Waals surface area contributed by atoms with Crippen LogP contribution < -0.4 is 0 Å². The Morgan fingerprint density at radius 3 is 2.12 bits per heavy atom. The van der Waals surface area contributed by atoms with Gasteiger partial charge < -0.3 is 4.90 Å². The second kappa shape index (κ2) is 8.08. The number of rotatable bonds is 8. The van der Waals surface area contributed by atoms with E-state index in [1.54, 1.807) is 18.0 Å². The first-order valence-corrected chi connectivity index (χ1v) is 5.97. The lowest BCUT2D eigenvalue weighted by atomic mass is 10.0. The fourth-order valence-corrected chi connectivity index (χ4v) is 1.42. The lowest BCUT2D eigenvalue weighted by molar-refractivity contribution is -0.121. The molecule has 92 valence electrons. The van der Waals surface area contributed by atoms with Gasteiger partial charge in [0.05, 0.1) is 5.57 Å². The maximum atomic E-state index is 11.8. The summed E-state index contributed by atoms with van der Waals surface area (Å²) in [7, 11) is 3.64. The minimum atomic E-state index is -0.0600. The summed E-state index contributed by atoms with van der Waals surface area (Å²) in [6.45, 7) is 3.88. The molecule has 0 aromatic heterocycles. The second-order valence-corrected chi connectivity index (χ2v) is 4.16. The molecule has 0 aliphatic heterocycles. The molecule has 0 radical (unpaired) electrons. The minimum absolute atomic E-state index is 0.0194. The highest BCUT2D eigenvalue weighted by atomic mass is 16.1. The molecule has 0 aliphatic rings. The average molecular weight is 225 g/mol. The predicted octanol–water partition coefficient (Wildman–Crippen LogP) is 2.56. The summed E-state index contributed by atoms with van der Waals surface area (Å²) in [6, 6.07) is 0. The van der Waals surface area contributed by atoms with Crippen LogP contribution in [0.2, 0.25) is 0 Å². The van der Waals surface area contributed by atoms with Gasteiger partial charge in [-0.15, -0.1) is 0 Å². The summed E-state index contributed by atoms with van der Waals surface area (Å²) < 4.78 is 0. The summed E-state index contributed by atoms with van der Waals surface area (Å²) in [6.07, 6.45) is 5.51.